The molecule has 0 radical (unpaired) electrons. The molecule has 40 heavy (non-hydrogen) atoms. The molecule has 0 aliphatic carbocycles. The van der Waals surface area contributed by atoms with Crippen molar-refractivity contribution >= 4 is 18.5 Å². The molecule has 0 rings (SSSR count). The Morgan fingerprint density at radius 1 is 0.300 bits per heavy atom. The molecule has 0 amide bonds. The van der Waals surface area contributed by atoms with Crippen LogP contribution in [0.1, 0.15) is 212 Å². The lowest BCUT2D eigenvalue weighted by atomic mass is 10.0. The van der Waals surface area contributed by atoms with Crippen molar-refractivity contribution < 1.29 is 0 Å². The first kappa shape index (κ1) is 40.5. The molecule has 0 saturated carbocycles. The number of unbranched alkanes of at least 4 members (excludes halogenated alkanes) is 32. The third-order valence-corrected chi connectivity index (χ3v) is 11.1. The van der Waals surface area contributed by atoms with Gasteiger partial charge in [-0.1, -0.05) is 219 Å². The van der Waals surface area contributed by atoms with E-state index in [0.29, 0.717) is 0 Å². The van der Waals surface area contributed by atoms with Crippen molar-refractivity contribution in [1.29, 1.82) is 0 Å². The van der Waals surface area contributed by atoms with Gasteiger partial charge in [0, 0.05) is 0 Å². The van der Waals surface area contributed by atoms with Gasteiger partial charge in [0.1, 0.15) is 7.38 Å². The molecule has 0 aliphatic heterocycles. The summed E-state index contributed by atoms with van der Waals surface area (Å²) in [5.74, 6) is 0. The molecule has 2 N–H and O–H groups in total. The van der Waals surface area contributed by atoms with Crippen LogP contribution in [0.2, 0.25) is 19.1 Å². The van der Waals surface area contributed by atoms with Crippen LogP contribution in [-0.4, -0.2) is 13.9 Å². The van der Waals surface area contributed by atoms with E-state index in [9.17, 15) is 0 Å². The highest BCUT2D eigenvalue weighted by Gasteiger charge is 2.15. The molecule has 0 saturated heterocycles. The maximum absolute atomic E-state index is 6.40. The summed E-state index contributed by atoms with van der Waals surface area (Å²) in [6.07, 6.45) is 48.0. The Morgan fingerprint density at radius 3 is 0.600 bits per heavy atom. The van der Waals surface area contributed by atoms with Crippen molar-refractivity contribution in [2.75, 3.05) is 6.54 Å². The van der Waals surface area contributed by atoms with E-state index in [1.165, 1.54) is 218 Å². The number of hydrogen-bond donors (Lipinski definition) is 1. The van der Waals surface area contributed by atoms with E-state index in [1.807, 2.05) is 0 Å². The Hall–Kier alpha value is 0.467. The molecule has 0 spiro atoms. The lowest BCUT2D eigenvalue weighted by molar-refractivity contribution is 0.511. The molecule has 0 aromatic carbocycles. The van der Waals surface area contributed by atoms with E-state index >= 15 is 0 Å². The SMILES string of the molecule is C[Si](C)(Cl)CCCCCCCCCCCCCCCCCCCCCCCCCCCCCCCCCCCN. The van der Waals surface area contributed by atoms with Crippen molar-refractivity contribution in [2.45, 2.75) is 231 Å². The van der Waals surface area contributed by atoms with Gasteiger partial charge in [0.25, 0.3) is 0 Å². The number of rotatable bonds is 35. The molecule has 3 heteroatoms. The maximum atomic E-state index is 6.40. The smallest absolute Gasteiger partial charge is 0.150 e. The van der Waals surface area contributed by atoms with Gasteiger partial charge in [-0.05, 0) is 19.0 Å². The summed E-state index contributed by atoms with van der Waals surface area (Å²) < 4.78 is 0. The molecule has 0 heterocycles. The van der Waals surface area contributed by atoms with Crippen LogP contribution in [0.3, 0.4) is 0 Å². The second-order valence-corrected chi connectivity index (χ2v) is 20.9. The molecule has 242 valence electrons. The lowest BCUT2D eigenvalue weighted by Crippen LogP contribution is -2.14. The van der Waals surface area contributed by atoms with Gasteiger partial charge in [0.05, 0.1) is 0 Å². The number of hydrogen-bond acceptors (Lipinski definition) is 1. The molecule has 0 aliphatic rings. The topological polar surface area (TPSA) is 26.0 Å². The largest absolute Gasteiger partial charge is 0.330 e. The van der Waals surface area contributed by atoms with E-state index in [1.54, 1.807) is 0 Å². The molecule has 0 bridgehead atoms. The fraction of sp³-hybridized carbons (Fsp3) is 1.00. The first-order chi connectivity index (χ1) is 19.6. The predicted octanol–water partition coefficient (Wildman–Crippen LogP) is 14.3. The van der Waals surface area contributed by atoms with Gasteiger partial charge >= 0.3 is 0 Å². The average molecular weight is 601 g/mol. The summed E-state index contributed by atoms with van der Waals surface area (Å²) in [6, 6.07) is 1.30. The molecular weight excluding hydrogens is 522 g/mol. The number of nitrogens with two attached hydrogens (primary N) is 1. The molecule has 0 atom stereocenters. The fourth-order valence-electron chi connectivity index (χ4n) is 6.17. The zero-order chi connectivity index (χ0) is 29.2. The summed E-state index contributed by atoms with van der Waals surface area (Å²) >= 11 is 6.40. The minimum Gasteiger partial charge on any atom is -0.330 e. The van der Waals surface area contributed by atoms with Crippen LogP contribution in [0.5, 0.6) is 0 Å². The minimum atomic E-state index is -1.31. The van der Waals surface area contributed by atoms with Gasteiger partial charge in [-0.15, -0.1) is 0 Å². The summed E-state index contributed by atoms with van der Waals surface area (Å²) in [5, 5.41) is 0. The normalized spacial score (nSPS) is 12.0. The van der Waals surface area contributed by atoms with Gasteiger partial charge in [-0.2, -0.15) is 11.1 Å². The highest BCUT2D eigenvalue weighted by atomic mass is 35.6. The van der Waals surface area contributed by atoms with Gasteiger partial charge in [-0.25, -0.2) is 0 Å². The van der Waals surface area contributed by atoms with E-state index in [-0.39, 0.29) is 0 Å². The predicted molar refractivity (Wildman–Crippen MR) is 190 cm³/mol. The van der Waals surface area contributed by atoms with Gasteiger partial charge in [-0.3, -0.25) is 0 Å². The Morgan fingerprint density at radius 2 is 0.450 bits per heavy atom. The van der Waals surface area contributed by atoms with E-state index in [2.05, 4.69) is 13.1 Å². The third-order valence-electron chi connectivity index (χ3n) is 8.98. The summed E-state index contributed by atoms with van der Waals surface area (Å²) in [4.78, 5) is 0. The Bertz CT molecular complexity index is 450. The summed E-state index contributed by atoms with van der Waals surface area (Å²) in [7, 11) is -1.31. The minimum absolute atomic E-state index is 0.873. The quantitative estimate of drug-likeness (QED) is 0.0437. The lowest BCUT2D eigenvalue weighted by Gasteiger charge is -2.11. The maximum Gasteiger partial charge on any atom is 0.150 e. The molecule has 0 unspecified atom stereocenters. The average Bonchev–Trinajstić information content (AvgIpc) is 2.92. The van der Waals surface area contributed by atoms with Crippen molar-refractivity contribution in [3.63, 3.8) is 0 Å². The van der Waals surface area contributed by atoms with Gasteiger partial charge in [0.2, 0.25) is 0 Å². The summed E-state index contributed by atoms with van der Waals surface area (Å²) in [6.45, 7) is 5.42. The van der Waals surface area contributed by atoms with E-state index in [0.717, 1.165) is 6.54 Å². The molecule has 1 nitrogen and oxygen atoms in total. The molecule has 0 aromatic rings. The second kappa shape index (κ2) is 34.0. The monoisotopic (exact) mass is 600 g/mol. The molecular formula is C37H78ClNSi. The molecule has 0 aromatic heterocycles. The number of halogens is 1. The Kier molecular flexibility index (Phi) is 34.4. The van der Waals surface area contributed by atoms with E-state index in [4.69, 9.17) is 16.8 Å². The fourth-order valence-corrected chi connectivity index (χ4v) is 7.66. The van der Waals surface area contributed by atoms with Crippen molar-refractivity contribution in [2.24, 2.45) is 5.73 Å². The first-order valence-corrected chi connectivity index (χ1v) is 23.2. The highest BCUT2D eigenvalue weighted by molar-refractivity contribution is 7.19. The highest BCUT2D eigenvalue weighted by Crippen LogP contribution is 2.20. The van der Waals surface area contributed by atoms with Crippen LogP contribution in [0.25, 0.3) is 0 Å². The zero-order valence-electron chi connectivity index (χ0n) is 28.2. The van der Waals surface area contributed by atoms with E-state index < -0.39 is 7.38 Å². The van der Waals surface area contributed by atoms with Crippen LogP contribution in [0.15, 0.2) is 0 Å². The molecule has 0 fully saturated rings. The third kappa shape index (κ3) is 38.5. The Balaban J connectivity index is 3.04. The van der Waals surface area contributed by atoms with Crippen LogP contribution >= 0.6 is 11.1 Å². The van der Waals surface area contributed by atoms with Crippen LogP contribution in [0, 0.1) is 0 Å². The van der Waals surface area contributed by atoms with Gasteiger partial charge in [0.15, 0.2) is 0 Å². The van der Waals surface area contributed by atoms with Crippen LogP contribution in [0.4, 0.5) is 0 Å². The van der Waals surface area contributed by atoms with Gasteiger partial charge < -0.3 is 5.73 Å². The zero-order valence-corrected chi connectivity index (χ0v) is 30.0. The van der Waals surface area contributed by atoms with Crippen LogP contribution < -0.4 is 5.73 Å². The first-order valence-electron chi connectivity index (χ1n) is 19.0. The Labute approximate surface area is 261 Å². The van der Waals surface area contributed by atoms with Crippen molar-refractivity contribution in [3.05, 3.63) is 0 Å². The second-order valence-electron chi connectivity index (χ2n) is 13.9. The summed E-state index contributed by atoms with van der Waals surface area (Å²) in [5.41, 5.74) is 5.55. The van der Waals surface area contributed by atoms with Crippen molar-refractivity contribution in [3.8, 4) is 0 Å². The standard InChI is InChI=1S/C37H78ClNSi/c1-40(2,38)37-35-33-31-29-27-25-23-21-19-17-15-13-11-9-7-5-3-4-6-8-10-12-14-16-18-20-22-24-26-28-30-32-34-36-39/h3-37,39H2,1-2H3. The van der Waals surface area contributed by atoms with Crippen LogP contribution in [-0.2, 0) is 0 Å². The van der Waals surface area contributed by atoms with Crippen molar-refractivity contribution in [1.82, 2.24) is 0 Å².